The number of aryl methyl sites for hydroxylation is 1. The van der Waals surface area contributed by atoms with Gasteiger partial charge in [-0.1, -0.05) is 40.7 Å². The Bertz CT molecular complexity index is 307. The summed E-state index contributed by atoms with van der Waals surface area (Å²) in [6.45, 7) is 6.45. The standard InChI is InChI=1S/C12H15BrO/c1-3-10-5-6-11(7-8-13)12(9-10)14-4-2/h3,5-6,9H,1,4,7-8H2,2H3. The van der Waals surface area contributed by atoms with E-state index in [2.05, 4.69) is 34.6 Å². The van der Waals surface area contributed by atoms with Crippen molar-refractivity contribution in [2.75, 3.05) is 11.9 Å². The Morgan fingerprint density at radius 3 is 2.86 bits per heavy atom. The number of hydrogen-bond acceptors (Lipinski definition) is 1. The van der Waals surface area contributed by atoms with Gasteiger partial charge in [0.05, 0.1) is 6.61 Å². The number of hydrogen-bond donors (Lipinski definition) is 0. The summed E-state index contributed by atoms with van der Waals surface area (Å²) < 4.78 is 5.56. The SMILES string of the molecule is C=Cc1ccc(CCBr)c(OCC)c1. The third kappa shape index (κ3) is 2.88. The van der Waals surface area contributed by atoms with E-state index in [-0.39, 0.29) is 0 Å². The van der Waals surface area contributed by atoms with Gasteiger partial charge >= 0.3 is 0 Å². The molecule has 76 valence electrons. The lowest BCUT2D eigenvalue weighted by atomic mass is 10.1. The molecule has 0 N–H and O–H groups in total. The summed E-state index contributed by atoms with van der Waals surface area (Å²) in [4.78, 5) is 0. The smallest absolute Gasteiger partial charge is 0.123 e. The second-order valence-corrected chi connectivity index (χ2v) is 3.74. The fourth-order valence-corrected chi connectivity index (χ4v) is 1.72. The van der Waals surface area contributed by atoms with Gasteiger partial charge in [-0.15, -0.1) is 0 Å². The molecular weight excluding hydrogens is 240 g/mol. The van der Waals surface area contributed by atoms with E-state index in [0.29, 0.717) is 6.61 Å². The van der Waals surface area contributed by atoms with Crippen molar-refractivity contribution in [2.24, 2.45) is 0 Å². The first-order chi connectivity index (χ1) is 6.81. The first-order valence-electron chi connectivity index (χ1n) is 4.76. The minimum Gasteiger partial charge on any atom is -0.494 e. The Morgan fingerprint density at radius 2 is 2.29 bits per heavy atom. The van der Waals surface area contributed by atoms with Crippen molar-refractivity contribution >= 4 is 22.0 Å². The van der Waals surface area contributed by atoms with Crippen molar-refractivity contribution in [3.8, 4) is 5.75 Å². The molecule has 0 heterocycles. The van der Waals surface area contributed by atoms with Crippen LogP contribution in [-0.2, 0) is 6.42 Å². The molecule has 0 spiro atoms. The fraction of sp³-hybridized carbons (Fsp3) is 0.333. The van der Waals surface area contributed by atoms with Gasteiger partial charge in [-0.3, -0.25) is 0 Å². The molecule has 0 unspecified atom stereocenters. The van der Waals surface area contributed by atoms with Crippen molar-refractivity contribution in [2.45, 2.75) is 13.3 Å². The molecule has 0 saturated heterocycles. The molecule has 0 aromatic heterocycles. The van der Waals surface area contributed by atoms with Crippen molar-refractivity contribution in [3.63, 3.8) is 0 Å². The van der Waals surface area contributed by atoms with Gasteiger partial charge in [0.25, 0.3) is 0 Å². The van der Waals surface area contributed by atoms with E-state index in [1.165, 1.54) is 5.56 Å². The Kier molecular flexibility index (Phi) is 4.74. The van der Waals surface area contributed by atoms with Gasteiger partial charge in [-0.25, -0.2) is 0 Å². The Balaban J connectivity index is 2.96. The molecule has 0 amide bonds. The van der Waals surface area contributed by atoms with Crippen LogP contribution >= 0.6 is 15.9 Å². The van der Waals surface area contributed by atoms with Gasteiger partial charge in [0.1, 0.15) is 5.75 Å². The zero-order chi connectivity index (χ0) is 10.4. The molecule has 0 saturated carbocycles. The van der Waals surface area contributed by atoms with E-state index in [9.17, 15) is 0 Å². The number of alkyl halides is 1. The molecule has 0 bridgehead atoms. The number of benzene rings is 1. The first-order valence-corrected chi connectivity index (χ1v) is 5.88. The normalized spacial score (nSPS) is 9.86. The minimum absolute atomic E-state index is 0.704. The third-order valence-electron chi connectivity index (χ3n) is 1.99. The highest BCUT2D eigenvalue weighted by Gasteiger charge is 2.02. The quantitative estimate of drug-likeness (QED) is 0.729. The van der Waals surface area contributed by atoms with Crippen molar-refractivity contribution < 1.29 is 4.74 Å². The summed E-state index contributed by atoms with van der Waals surface area (Å²) in [5.41, 5.74) is 2.35. The van der Waals surface area contributed by atoms with Gasteiger partial charge in [0.15, 0.2) is 0 Å². The van der Waals surface area contributed by atoms with Crippen LogP contribution in [0, 0.1) is 0 Å². The molecule has 0 aliphatic heterocycles. The zero-order valence-electron chi connectivity index (χ0n) is 8.42. The fourth-order valence-electron chi connectivity index (χ4n) is 1.30. The molecule has 1 rings (SSSR count). The Labute approximate surface area is 93.9 Å². The van der Waals surface area contributed by atoms with E-state index >= 15 is 0 Å². The summed E-state index contributed by atoms with van der Waals surface area (Å²) in [6.07, 6.45) is 2.83. The lowest BCUT2D eigenvalue weighted by Gasteiger charge is -2.09. The third-order valence-corrected chi connectivity index (χ3v) is 2.39. The second kappa shape index (κ2) is 5.86. The number of ether oxygens (including phenoxy) is 1. The van der Waals surface area contributed by atoms with Gasteiger partial charge in [-0.2, -0.15) is 0 Å². The summed E-state index contributed by atoms with van der Waals surface area (Å²) in [5, 5.41) is 0.959. The lowest BCUT2D eigenvalue weighted by molar-refractivity contribution is 0.337. The average molecular weight is 255 g/mol. The molecule has 0 fully saturated rings. The Hall–Kier alpha value is -0.760. The first kappa shape index (κ1) is 11.3. The molecule has 14 heavy (non-hydrogen) atoms. The van der Waals surface area contributed by atoms with E-state index in [4.69, 9.17) is 4.74 Å². The van der Waals surface area contributed by atoms with Crippen LogP contribution in [0.3, 0.4) is 0 Å². The van der Waals surface area contributed by atoms with E-state index in [0.717, 1.165) is 23.1 Å². The van der Waals surface area contributed by atoms with Crippen molar-refractivity contribution in [3.05, 3.63) is 35.9 Å². The topological polar surface area (TPSA) is 9.23 Å². The number of halogens is 1. The maximum atomic E-state index is 5.56. The lowest BCUT2D eigenvalue weighted by Crippen LogP contribution is -1.97. The van der Waals surface area contributed by atoms with Gasteiger partial charge in [0, 0.05) is 5.33 Å². The zero-order valence-corrected chi connectivity index (χ0v) is 10.0. The van der Waals surface area contributed by atoms with Crippen molar-refractivity contribution in [1.29, 1.82) is 0 Å². The van der Waals surface area contributed by atoms with E-state index in [1.807, 2.05) is 19.1 Å². The maximum absolute atomic E-state index is 5.56. The monoisotopic (exact) mass is 254 g/mol. The molecule has 0 aliphatic carbocycles. The largest absolute Gasteiger partial charge is 0.494 e. The summed E-state index contributed by atoms with van der Waals surface area (Å²) >= 11 is 3.43. The molecule has 0 atom stereocenters. The minimum atomic E-state index is 0.704. The predicted octanol–water partition coefficient (Wildman–Crippen LogP) is 3.67. The van der Waals surface area contributed by atoms with Crippen molar-refractivity contribution in [1.82, 2.24) is 0 Å². The molecule has 0 aliphatic rings. The van der Waals surface area contributed by atoms with E-state index < -0.39 is 0 Å². The van der Waals surface area contributed by atoms with Gasteiger partial charge in [0.2, 0.25) is 0 Å². The highest BCUT2D eigenvalue weighted by molar-refractivity contribution is 9.09. The molecule has 1 aromatic rings. The summed E-state index contributed by atoms with van der Waals surface area (Å²) in [6, 6.07) is 6.20. The maximum Gasteiger partial charge on any atom is 0.123 e. The van der Waals surface area contributed by atoms with E-state index in [1.54, 1.807) is 0 Å². The summed E-state index contributed by atoms with van der Waals surface area (Å²) in [5.74, 6) is 0.976. The van der Waals surface area contributed by atoms with Crippen LogP contribution in [0.4, 0.5) is 0 Å². The molecule has 1 aromatic carbocycles. The highest BCUT2D eigenvalue weighted by Crippen LogP contribution is 2.22. The molecule has 1 nitrogen and oxygen atoms in total. The van der Waals surface area contributed by atoms with Crippen LogP contribution < -0.4 is 4.74 Å². The highest BCUT2D eigenvalue weighted by atomic mass is 79.9. The van der Waals surface area contributed by atoms with Gasteiger partial charge in [-0.05, 0) is 30.5 Å². The average Bonchev–Trinajstić information content (AvgIpc) is 2.21. The molecule has 2 heteroatoms. The van der Waals surface area contributed by atoms with Gasteiger partial charge < -0.3 is 4.74 Å². The van der Waals surface area contributed by atoms with Crippen LogP contribution in [-0.4, -0.2) is 11.9 Å². The van der Waals surface area contributed by atoms with Crippen LogP contribution in [0.2, 0.25) is 0 Å². The van der Waals surface area contributed by atoms with Crippen LogP contribution in [0.25, 0.3) is 6.08 Å². The van der Waals surface area contributed by atoms with Crippen LogP contribution in [0.1, 0.15) is 18.1 Å². The Morgan fingerprint density at radius 1 is 1.50 bits per heavy atom. The summed E-state index contributed by atoms with van der Waals surface area (Å²) in [7, 11) is 0. The number of rotatable bonds is 5. The molecule has 0 radical (unpaired) electrons. The second-order valence-electron chi connectivity index (χ2n) is 2.94. The van der Waals surface area contributed by atoms with Crippen LogP contribution in [0.15, 0.2) is 24.8 Å². The predicted molar refractivity (Wildman–Crippen MR) is 65.2 cm³/mol. The van der Waals surface area contributed by atoms with Crippen LogP contribution in [0.5, 0.6) is 5.75 Å². The molecular formula is C12H15BrO.